The zero-order chi connectivity index (χ0) is 71.8. The molecule has 17 atom stereocenters. The van der Waals surface area contributed by atoms with Crippen LogP contribution in [0.2, 0.25) is 0 Å². The van der Waals surface area contributed by atoms with Crippen molar-refractivity contribution in [3.8, 4) is 0 Å². The van der Waals surface area contributed by atoms with Gasteiger partial charge in [0.2, 0.25) is 5.91 Å². The molecule has 0 saturated carbocycles. The third-order valence-electron chi connectivity index (χ3n) is 18.9. The van der Waals surface area contributed by atoms with E-state index >= 15 is 0 Å². The molecule has 12 N–H and O–H groups in total. The van der Waals surface area contributed by atoms with Crippen LogP contribution in [0.4, 0.5) is 0 Å². The minimum atomic E-state index is -1.98. The van der Waals surface area contributed by atoms with Crippen LogP contribution in [0.1, 0.15) is 271 Å². The Hall–Kier alpha value is -3.29. The van der Waals surface area contributed by atoms with E-state index in [1.807, 2.05) is 6.08 Å². The second kappa shape index (κ2) is 60.0. The Morgan fingerprint density at radius 3 is 1.09 bits per heavy atom. The Bertz CT molecular complexity index is 2170. The number of allylic oxidation sites excluding steroid dienone is 15. The largest absolute Gasteiger partial charge is 0.394 e. The lowest BCUT2D eigenvalue weighted by atomic mass is 9.96. The van der Waals surface area contributed by atoms with Crippen molar-refractivity contribution in [2.75, 3.05) is 26.4 Å². The van der Waals surface area contributed by atoms with Crippen LogP contribution in [0.3, 0.4) is 0 Å². The molecule has 99 heavy (non-hydrogen) atoms. The van der Waals surface area contributed by atoms with Gasteiger partial charge in [0, 0.05) is 6.42 Å². The van der Waals surface area contributed by atoms with E-state index < -0.39 is 124 Å². The van der Waals surface area contributed by atoms with Gasteiger partial charge in [0.15, 0.2) is 18.9 Å². The van der Waals surface area contributed by atoms with Gasteiger partial charge in [-0.3, -0.25) is 4.79 Å². The number of carbonyl (C=O) groups is 1. The molecule has 0 aromatic heterocycles. The SMILES string of the molecule is CC/C=C\C/C=C\C/C=C\C/C=C\C/C=C\C/C=C\C/C=C\CCCCCCCCCCCC(=O)NC(COC1OC(CO)C(OC2OC(CO)C(OC3OC(CO)C(O)C(O)C3O)C(O)C2O)C(O)C1O)C(O)/C=C/CCCCCCCCCCCCCCCCCCCCCCC. The highest BCUT2D eigenvalue weighted by Crippen LogP contribution is 2.33. The van der Waals surface area contributed by atoms with Gasteiger partial charge >= 0.3 is 0 Å². The first-order valence-electron chi connectivity index (χ1n) is 39.0. The first-order valence-corrected chi connectivity index (χ1v) is 39.0. The van der Waals surface area contributed by atoms with Crippen molar-refractivity contribution in [2.45, 2.75) is 375 Å². The second-order valence-electron chi connectivity index (χ2n) is 27.4. The Labute approximate surface area is 596 Å². The highest BCUT2D eigenvalue weighted by Gasteiger charge is 2.53. The van der Waals surface area contributed by atoms with Gasteiger partial charge < -0.3 is 89.9 Å². The number of aliphatic hydroxyl groups excluding tert-OH is 11. The molecule has 0 aliphatic carbocycles. The van der Waals surface area contributed by atoms with Crippen molar-refractivity contribution in [2.24, 2.45) is 0 Å². The van der Waals surface area contributed by atoms with Crippen molar-refractivity contribution in [1.29, 1.82) is 0 Å². The van der Waals surface area contributed by atoms with E-state index in [4.69, 9.17) is 28.4 Å². The summed E-state index contributed by atoms with van der Waals surface area (Å²) in [6.07, 6.45) is 53.7. The van der Waals surface area contributed by atoms with Gasteiger partial charge in [0.05, 0.1) is 38.6 Å². The van der Waals surface area contributed by atoms with E-state index in [1.54, 1.807) is 6.08 Å². The molecular formula is C80H139NO18. The molecule has 0 aromatic carbocycles. The van der Waals surface area contributed by atoms with Crippen LogP contribution in [0, 0.1) is 0 Å². The highest BCUT2D eigenvalue weighted by atomic mass is 16.8. The fraction of sp³-hybridized carbons (Fsp3) is 0.787. The molecule has 3 heterocycles. The first-order chi connectivity index (χ1) is 48.3. The van der Waals surface area contributed by atoms with Crippen LogP contribution in [-0.2, 0) is 33.2 Å². The summed E-state index contributed by atoms with van der Waals surface area (Å²) >= 11 is 0. The number of hydrogen-bond acceptors (Lipinski definition) is 18. The summed E-state index contributed by atoms with van der Waals surface area (Å²) in [7, 11) is 0. The summed E-state index contributed by atoms with van der Waals surface area (Å²) in [6, 6.07) is -0.984. The zero-order valence-electron chi connectivity index (χ0n) is 60.9. The summed E-state index contributed by atoms with van der Waals surface area (Å²) in [5, 5.41) is 121. The van der Waals surface area contributed by atoms with Crippen molar-refractivity contribution in [3.63, 3.8) is 0 Å². The number of amides is 1. The van der Waals surface area contributed by atoms with Crippen molar-refractivity contribution >= 4 is 5.91 Å². The van der Waals surface area contributed by atoms with Crippen molar-refractivity contribution in [1.82, 2.24) is 5.32 Å². The summed E-state index contributed by atoms with van der Waals surface area (Å²) in [6.45, 7) is 1.63. The summed E-state index contributed by atoms with van der Waals surface area (Å²) in [5.41, 5.74) is 0. The van der Waals surface area contributed by atoms with Gasteiger partial charge in [-0.25, -0.2) is 0 Å². The molecule has 19 heteroatoms. The molecule has 1 amide bonds. The van der Waals surface area contributed by atoms with Crippen molar-refractivity contribution in [3.05, 3.63) is 97.2 Å². The predicted molar refractivity (Wildman–Crippen MR) is 392 cm³/mol. The van der Waals surface area contributed by atoms with Crippen LogP contribution in [0.5, 0.6) is 0 Å². The van der Waals surface area contributed by atoms with Gasteiger partial charge in [0.25, 0.3) is 0 Å². The average molecular weight is 1400 g/mol. The molecule has 3 fully saturated rings. The van der Waals surface area contributed by atoms with Gasteiger partial charge in [-0.2, -0.15) is 0 Å². The topological polar surface area (TPSA) is 307 Å². The number of ether oxygens (including phenoxy) is 6. The molecule has 0 bridgehead atoms. The maximum atomic E-state index is 13.5. The van der Waals surface area contributed by atoms with Gasteiger partial charge in [-0.05, 0) is 77.0 Å². The Kier molecular flexibility index (Phi) is 54.5. The van der Waals surface area contributed by atoms with E-state index in [0.29, 0.717) is 6.42 Å². The smallest absolute Gasteiger partial charge is 0.220 e. The van der Waals surface area contributed by atoms with Crippen LogP contribution >= 0.6 is 0 Å². The van der Waals surface area contributed by atoms with Crippen LogP contribution in [0.15, 0.2) is 97.2 Å². The fourth-order valence-electron chi connectivity index (χ4n) is 12.6. The lowest BCUT2D eigenvalue weighted by molar-refractivity contribution is -0.379. The molecular weight excluding hydrogens is 1260 g/mol. The summed E-state index contributed by atoms with van der Waals surface area (Å²) in [4.78, 5) is 13.5. The van der Waals surface area contributed by atoms with E-state index in [1.165, 1.54) is 141 Å². The van der Waals surface area contributed by atoms with Gasteiger partial charge in [-0.15, -0.1) is 0 Å². The molecule has 0 spiro atoms. The first kappa shape index (κ1) is 89.9. The van der Waals surface area contributed by atoms with Crippen LogP contribution in [-0.4, -0.2) is 193 Å². The maximum absolute atomic E-state index is 13.5. The molecule has 3 saturated heterocycles. The minimum absolute atomic E-state index is 0.231. The molecule has 572 valence electrons. The Balaban J connectivity index is 1.40. The lowest BCUT2D eigenvalue weighted by Crippen LogP contribution is -2.66. The van der Waals surface area contributed by atoms with E-state index in [9.17, 15) is 61.0 Å². The Morgan fingerprint density at radius 2 is 0.697 bits per heavy atom. The fourth-order valence-corrected chi connectivity index (χ4v) is 12.6. The minimum Gasteiger partial charge on any atom is -0.394 e. The lowest BCUT2D eigenvalue weighted by Gasteiger charge is -2.48. The number of rotatable bonds is 60. The zero-order valence-corrected chi connectivity index (χ0v) is 60.9. The monoisotopic (exact) mass is 1400 g/mol. The van der Waals surface area contributed by atoms with E-state index in [2.05, 4.69) is 104 Å². The van der Waals surface area contributed by atoms with Crippen LogP contribution in [0.25, 0.3) is 0 Å². The third kappa shape index (κ3) is 40.5. The standard InChI is InChI=1S/C80H139NO18/c1-3-5-7-9-11-13-15-17-19-21-23-25-27-28-29-30-31-32-33-34-36-38-40-42-44-46-48-50-52-54-56-58-68(86)81-63(64(85)57-55-53-51-49-47-45-43-41-39-37-35-26-24-22-20-18-16-14-12-10-8-6-4-2)62-94-78-74(92)71(89)76(66(60-83)96-78)99-80-75(93)72(90)77(67(61-84)97-80)98-79-73(91)70(88)69(87)65(59-82)95-79/h5,7,11,13,17,19,23,25,28-29,31-32,34,36,55,57,63-67,69-80,82-85,87-93H,3-4,6,8-10,12,14-16,18,20-22,24,26-27,30,33,35,37-54,56,58-62H2,1-2H3,(H,81,86)/b7-5-,13-11-,19-17-,25-23-,29-28-,32-31-,36-34-,57-55+. The quantitative estimate of drug-likeness (QED) is 0.0199. The molecule has 0 radical (unpaired) electrons. The van der Waals surface area contributed by atoms with Gasteiger partial charge in [0.1, 0.15) is 73.2 Å². The number of carbonyl (C=O) groups excluding carboxylic acids is 1. The predicted octanol–water partition coefficient (Wildman–Crippen LogP) is 12.4. The maximum Gasteiger partial charge on any atom is 0.220 e. The normalized spacial score (nSPS) is 27.1. The molecule has 3 aliphatic rings. The average Bonchev–Trinajstić information content (AvgIpc) is 0.577. The molecule has 3 aliphatic heterocycles. The number of nitrogens with one attached hydrogen (secondary N) is 1. The van der Waals surface area contributed by atoms with Crippen LogP contribution < -0.4 is 5.32 Å². The number of unbranched alkanes of at least 4 members (excludes halogenated alkanes) is 30. The number of hydrogen-bond donors (Lipinski definition) is 12. The highest BCUT2D eigenvalue weighted by molar-refractivity contribution is 5.76. The molecule has 0 aromatic rings. The molecule has 3 rings (SSSR count). The van der Waals surface area contributed by atoms with E-state index in [-0.39, 0.29) is 18.9 Å². The molecule has 19 nitrogen and oxygen atoms in total. The molecule has 17 unspecified atom stereocenters. The second-order valence-corrected chi connectivity index (χ2v) is 27.4. The summed E-state index contributed by atoms with van der Waals surface area (Å²) in [5.74, 6) is -0.283. The number of aliphatic hydroxyl groups is 11. The third-order valence-corrected chi connectivity index (χ3v) is 18.9. The van der Waals surface area contributed by atoms with E-state index in [0.717, 1.165) is 103 Å². The Morgan fingerprint density at radius 1 is 0.374 bits per heavy atom. The van der Waals surface area contributed by atoms with Crippen molar-refractivity contribution < 1.29 is 89.4 Å². The summed E-state index contributed by atoms with van der Waals surface area (Å²) < 4.78 is 34.4. The van der Waals surface area contributed by atoms with Gasteiger partial charge in [-0.1, -0.05) is 284 Å².